The van der Waals surface area contributed by atoms with E-state index in [1.807, 2.05) is 0 Å². The first-order valence-corrected chi connectivity index (χ1v) is 9.71. The van der Waals surface area contributed by atoms with Crippen LogP contribution < -0.4 is 63.1 Å². The van der Waals surface area contributed by atoms with E-state index in [2.05, 4.69) is 13.2 Å². The lowest BCUT2D eigenvalue weighted by Crippen LogP contribution is -2.87. The number of hydrogen-bond acceptors (Lipinski definition) is 18. The van der Waals surface area contributed by atoms with E-state index in [0.29, 0.717) is 0 Å². The summed E-state index contributed by atoms with van der Waals surface area (Å²) in [4.78, 5) is 23.1. The van der Waals surface area contributed by atoms with Crippen LogP contribution in [0.4, 0.5) is 0 Å². The molecule has 18 heteroatoms. The lowest BCUT2D eigenvalue weighted by Gasteiger charge is -2.49. The molecule has 0 heterocycles. The topological polar surface area (TPSA) is 367 Å². The van der Waals surface area contributed by atoms with Crippen LogP contribution in [0.15, 0.2) is 24.3 Å². The van der Waals surface area contributed by atoms with Crippen molar-refractivity contribution in [3.05, 3.63) is 24.3 Å². The first kappa shape index (κ1) is 32.9. The summed E-state index contributed by atoms with van der Waals surface area (Å²) >= 11 is 0. The molecule has 0 saturated heterocycles. The quantitative estimate of drug-likeness (QED) is 0.0588. The zero-order valence-corrected chi connectivity index (χ0v) is 20.0. The molecular weight excluding hydrogens is 470 g/mol. The number of ether oxygens (including phenoxy) is 5. The van der Waals surface area contributed by atoms with Crippen molar-refractivity contribution >= 4 is 11.9 Å². The Morgan fingerprint density at radius 1 is 0.600 bits per heavy atom. The highest BCUT2D eigenvalue weighted by atomic mass is 16.7. The van der Waals surface area contributed by atoms with E-state index < -0.39 is 60.1 Å². The number of esters is 2. The first-order valence-electron chi connectivity index (χ1n) is 9.71. The lowest BCUT2D eigenvalue weighted by molar-refractivity contribution is -0.326. The van der Waals surface area contributed by atoms with Gasteiger partial charge >= 0.3 is 11.9 Å². The highest BCUT2D eigenvalue weighted by Gasteiger charge is 2.56. The Labute approximate surface area is 202 Å². The molecule has 0 saturated carbocycles. The Hall–Kier alpha value is -2.14. The average Bonchev–Trinajstić information content (AvgIpc) is 2.61. The van der Waals surface area contributed by atoms with Crippen molar-refractivity contribution in [3.63, 3.8) is 0 Å². The predicted molar refractivity (Wildman–Crippen MR) is 123 cm³/mol. The van der Waals surface area contributed by atoms with Gasteiger partial charge in [-0.05, 0) is 20.8 Å². The van der Waals surface area contributed by atoms with Gasteiger partial charge in [0.1, 0.15) is 13.2 Å². The van der Waals surface area contributed by atoms with Gasteiger partial charge in [-0.3, -0.25) is 63.1 Å². The molecule has 0 spiro atoms. The first-order chi connectivity index (χ1) is 15.3. The number of hydrogen-bond donors (Lipinski definition) is 11. The van der Waals surface area contributed by atoms with Gasteiger partial charge in [-0.1, -0.05) is 13.2 Å². The molecule has 1 atom stereocenters. The summed E-state index contributed by atoms with van der Waals surface area (Å²) in [6.07, 6.45) is 0. The summed E-state index contributed by atoms with van der Waals surface area (Å²) in [7, 11) is 0. The molecule has 0 aromatic rings. The van der Waals surface area contributed by atoms with Crippen molar-refractivity contribution in [2.45, 2.75) is 55.7 Å². The molecule has 18 nitrogen and oxygen atoms in total. The van der Waals surface area contributed by atoms with Crippen LogP contribution >= 0.6 is 0 Å². The summed E-state index contributed by atoms with van der Waals surface area (Å²) in [5.74, 6) is -14.4. The number of nitrogens with two attached hydrogens (primary N) is 11. The van der Waals surface area contributed by atoms with Crippen LogP contribution in [0.2, 0.25) is 0 Å². The van der Waals surface area contributed by atoms with Crippen LogP contribution in [0, 0.1) is 0 Å². The Bertz CT molecular complexity index is 759. The van der Waals surface area contributed by atoms with Crippen molar-refractivity contribution < 1.29 is 33.3 Å². The normalized spacial score (nSPS) is 15.3. The third-order valence-electron chi connectivity index (χ3n) is 4.04. The third-order valence-corrected chi connectivity index (χ3v) is 4.04. The Kier molecular flexibility index (Phi) is 10.2. The standard InChI is InChI=1S/C17H39N11O7/c1-8(2)10(29)31-6-13(19,20)33-12(5,18)15(23,24)35-17(27,28)16(25,26)34-14(21,22)7-32-11(30)9(3)4/h1,3,6-7,18-28H2,2,4-5H3. The minimum atomic E-state index is -2.79. The van der Waals surface area contributed by atoms with Crippen molar-refractivity contribution in [2.24, 2.45) is 63.1 Å². The van der Waals surface area contributed by atoms with Gasteiger partial charge in [0.25, 0.3) is 0 Å². The van der Waals surface area contributed by atoms with Crippen molar-refractivity contribution in [1.29, 1.82) is 0 Å². The minimum absolute atomic E-state index is 0.0476. The average molecular weight is 510 g/mol. The molecule has 0 rings (SSSR count). The van der Waals surface area contributed by atoms with Crippen LogP contribution in [0.1, 0.15) is 20.8 Å². The molecule has 0 aliphatic rings. The Balaban J connectivity index is 5.52. The van der Waals surface area contributed by atoms with E-state index in [4.69, 9.17) is 86.8 Å². The van der Waals surface area contributed by atoms with Crippen molar-refractivity contribution in [1.82, 2.24) is 0 Å². The second-order valence-electron chi connectivity index (χ2n) is 8.42. The van der Waals surface area contributed by atoms with Crippen LogP contribution in [-0.4, -0.2) is 60.1 Å². The van der Waals surface area contributed by atoms with Gasteiger partial charge in [0.2, 0.25) is 29.2 Å². The molecule has 0 aliphatic carbocycles. The van der Waals surface area contributed by atoms with E-state index in [-0.39, 0.29) is 11.1 Å². The van der Waals surface area contributed by atoms with E-state index in [1.165, 1.54) is 13.8 Å². The molecule has 0 fully saturated rings. The van der Waals surface area contributed by atoms with Crippen LogP contribution in [0.25, 0.3) is 0 Å². The van der Waals surface area contributed by atoms with E-state index >= 15 is 0 Å². The van der Waals surface area contributed by atoms with E-state index in [0.717, 1.165) is 6.92 Å². The van der Waals surface area contributed by atoms with Gasteiger partial charge in [0.05, 0.1) is 0 Å². The second-order valence-corrected chi connectivity index (χ2v) is 8.42. The zero-order chi connectivity index (χ0) is 28.3. The largest absolute Gasteiger partial charge is 0.456 e. The highest BCUT2D eigenvalue weighted by molar-refractivity contribution is 5.87. The molecule has 0 amide bonds. The van der Waals surface area contributed by atoms with E-state index in [9.17, 15) is 9.59 Å². The fourth-order valence-electron chi connectivity index (χ4n) is 1.99. The van der Waals surface area contributed by atoms with Gasteiger partial charge in [0, 0.05) is 11.1 Å². The number of carbonyl (C=O) groups is 2. The molecule has 22 N–H and O–H groups in total. The molecule has 35 heavy (non-hydrogen) atoms. The summed E-state index contributed by atoms with van der Waals surface area (Å²) in [5.41, 5.74) is 61.6. The van der Waals surface area contributed by atoms with E-state index in [1.54, 1.807) is 0 Å². The summed E-state index contributed by atoms with van der Waals surface area (Å²) in [6.45, 7) is 9.15. The molecule has 0 aromatic heterocycles. The smallest absolute Gasteiger partial charge is 0.333 e. The van der Waals surface area contributed by atoms with Crippen LogP contribution in [-0.2, 0) is 33.3 Å². The lowest BCUT2D eigenvalue weighted by atomic mass is 10.1. The molecule has 0 aromatic carbocycles. The maximum absolute atomic E-state index is 11.6. The summed E-state index contributed by atoms with van der Waals surface area (Å²) in [5, 5.41) is 0. The van der Waals surface area contributed by atoms with Gasteiger partial charge in [-0.25, -0.2) is 9.59 Å². The van der Waals surface area contributed by atoms with Gasteiger partial charge in [-0.15, -0.1) is 0 Å². The highest BCUT2D eigenvalue weighted by Crippen LogP contribution is 2.24. The predicted octanol–water partition coefficient (Wildman–Crippen LogP) is -6.19. The maximum atomic E-state index is 11.6. The molecule has 0 aliphatic heterocycles. The monoisotopic (exact) mass is 509 g/mol. The van der Waals surface area contributed by atoms with Crippen LogP contribution in [0.5, 0.6) is 0 Å². The molecule has 204 valence electrons. The Morgan fingerprint density at radius 3 is 1.26 bits per heavy atom. The Morgan fingerprint density at radius 2 is 0.914 bits per heavy atom. The second kappa shape index (κ2) is 10.9. The molecular formula is C17H39N11O7. The maximum Gasteiger partial charge on any atom is 0.333 e. The van der Waals surface area contributed by atoms with Gasteiger partial charge < -0.3 is 23.7 Å². The number of rotatable bonds is 14. The molecule has 0 radical (unpaired) electrons. The summed E-state index contributed by atoms with van der Waals surface area (Å²) in [6, 6.07) is 0. The van der Waals surface area contributed by atoms with Gasteiger partial charge in [-0.2, -0.15) is 0 Å². The zero-order valence-electron chi connectivity index (χ0n) is 20.0. The molecule has 0 bridgehead atoms. The summed E-state index contributed by atoms with van der Waals surface area (Å²) < 4.78 is 25.2. The fourth-order valence-corrected chi connectivity index (χ4v) is 1.99. The van der Waals surface area contributed by atoms with Crippen molar-refractivity contribution in [3.8, 4) is 0 Å². The molecule has 1 unspecified atom stereocenters. The van der Waals surface area contributed by atoms with Crippen molar-refractivity contribution in [2.75, 3.05) is 13.2 Å². The van der Waals surface area contributed by atoms with Crippen LogP contribution in [0.3, 0.4) is 0 Å². The fraction of sp³-hybridized carbons (Fsp3) is 0.647. The number of carbonyl (C=O) groups excluding carboxylic acids is 2. The van der Waals surface area contributed by atoms with Gasteiger partial charge in [0.15, 0.2) is 5.72 Å². The minimum Gasteiger partial charge on any atom is -0.456 e. The SMILES string of the molecule is C=C(C)C(=O)OCC(N)(N)OC(C)(N)C(N)(N)OC(N)(N)C(N)(N)OC(N)(N)COC(=O)C(=C)C. The third kappa shape index (κ3) is 9.79.